The van der Waals surface area contributed by atoms with Gasteiger partial charge in [-0.2, -0.15) is 0 Å². The summed E-state index contributed by atoms with van der Waals surface area (Å²) in [4.78, 5) is 7.47. The molecule has 1 aromatic carbocycles. The van der Waals surface area contributed by atoms with Gasteiger partial charge in [0.05, 0.1) is 12.8 Å². The van der Waals surface area contributed by atoms with Gasteiger partial charge in [-0.15, -0.1) is 0 Å². The minimum Gasteiger partial charge on any atom is -0.495 e. The maximum Gasteiger partial charge on any atom is 0.193 e. The second-order valence-corrected chi connectivity index (χ2v) is 5.45. The number of nitrogens with zero attached hydrogens (tertiary/aromatic N) is 1. The fraction of sp³-hybridized carbons (Fsp3) is 0.105. The Hall–Kier alpha value is -3.21. The number of pyridine rings is 1. The lowest BCUT2D eigenvalue weighted by atomic mass is 10.2. The van der Waals surface area contributed by atoms with Crippen molar-refractivity contribution in [2.24, 2.45) is 0 Å². The van der Waals surface area contributed by atoms with E-state index >= 15 is 0 Å². The first kappa shape index (κ1) is 14.4. The number of fused-ring (bicyclic) bond motifs is 1. The van der Waals surface area contributed by atoms with Crippen molar-refractivity contribution in [1.82, 2.24) is 9.97 Å². The fourth-order valence-electron chi connectivity index (χ4n) is 2.73. The van der Waals surface area contributed by atoms with Gasteiger partial charge in [0.25, 0.3) is 0 Å². The van der Waals surface area contributed by atoms with Crippen LogP contribution in [-0.2, 0) is 4.74 Å². The molecule has 0 saturated heterocycles. The van der Waals surface area contributed by atoms with Gasteiger partial charge in [0, 0.05) is 29.8 Å². The molecule has 0 spiro atoms. The molecule has 0 bridgehead atoms. The molecule has 2 N–H and O–H groups in total. The summed E-state index contributed by atoms with van der Waals surface area (Å²) in [6.07, 6.45) is 8.52. The first-order valence-electron chi connectivity index (χ1n) is 7.74. The lowest BCUT2D eigenvalue weighted by molar-refractivity contribution is 0.332. The Morgan fingerprint density at radius 1 is 1.25 bits per heavy atom. The van der Waals surface area contributed by atoms with Crippen molar-refractivity contribution < 1.29 is 9.47 Å². The third kappa shape index (κ3) is 2.72. The molecule has 4 rings (SSSR count). The van der Waals surface area contributed by atoms with Crippen LogP contribution in [-0.4, -0.2) is 17.1 Å². The van der Waals surface area contributed by atoms with Crippen molar-refractivity contribution in [3.8, 4) is 5.75 Å². The molecular formula is C19H17N3O2. The van der Waals surface area contributed by atoms with Crippen molar-refractivity contribution in [3.05, 3.63) is 72.1 Å². The van der Waals surface area contributed by atoms with E-state index in [-0.39, 0.29) is 0 Å². The molecule has 0 aliphatic carbocycles. The minimum atomic E-state index is 0.712. The topological polar surface area (TPSA) is 59.2 Å². The second kappa shape index (κ2) is 6.12. The molecule has 1 aliphatic rings. The first-order valence-corrected chi connectivity index (χ1v) is 7.74. The molecule has 0 fully saturated rings. The van der Waals surface area contributed by atoms with Crippen LogP contribution in [0.5, 0.6) is 5.75 Å². The quantitative estimate of drug-likeness (QED) is 0.753. The Balaban J connectivity index is 1.51. The molecular weight excluding hydrogens is 302 g/mol. The van der Waals surface area contributed by atoms with Crippen molar-refractivity contribution in [2.45, 2.75) is 6.42 Å². The highest BCUT2D eigenvalue weighted by molar-refractivity contribution is 5.86. The summed E-state index contributed by atoms with van der Waals surface area (Å²) in [5, 5.41) is 4.34. The maximum atomic E-state index is 5.91. The van der Waals surface area contributed by atoms with Gasteiger partial charge in [0.15, 0.2) is 5.88 Å². The number of H-pyrrole nitrogens is 1. The Labute approximate surface area is 139 Å². The number of allylic oxidation sites excluding steroid dienone is 1. The Bertz CT molecular complexity index is 940. The highest BCUT2D eigenvalue weighted by Gasteiger charge is 2.14. The van der Waals surface area contributed by atoms with E-state index in [0.717, 1.165) is 40.2 Å². The number of aromatic amines is 1. The summed E-state index contributed by atoms with van der Waals surface area (Å²) < 4.78 is 11.3. The van der Waals surface area contributed by atoms with Gasteiger partial charge in [-0.3, -0.25) is 0 Å². The monoisotopic (exact) mass is 319 g/mol. The number of hydrogen-bond donors (Lipinski definition) is 2. The zero-order chi connectivity index (χ0) is 16.4. The van der Waals surface area contributed by atoms with Crippen LogP contribution >= 0.6 is 0 Å². The highest BCUT2D eigenvalue weighted by Crippen LogP contribution is 2.30. The van der Waals surface area contributed by atoms with Crippen LogP contribution in [0, 0.1) is 0 Å². The number of ether oxygens (including phenoxy) is 2. The van der Waals surface area contributed by atoms with Gasteiger partial charge in [0.1, 0.15) is 17.2 Å². The van der Waals surface area contributed by atoms with E-state index in [4.69, 9.17) is 9.47 Å². The summed E-state index contributed by atoms with van der Waals surface area (Å²) in [6, 6.07) is 11.7. The molecule has 24 heavy (non-hydrogen) atoms. The average molecular weight is 319 g/mol. The van der Waals surface area contributed by atoms with Crippen molar-refractivity contribution in [1.29, 1.82) is 0 Å². The Kier molecular flexibility index (Phi) is 3.67. The molecule has 0 atom stereocenters. The van der Waals surface area contributed by atoms with E-state index in [1.54, 1.807) is 13.3 Å². The largest absolute Gasteiger partial charge is 0.495 e. The Morgan fingerprint density at radius 2 is 2.17 bits per heavy atom. The molecule has 0 radical (unpaired) electrons. The lowest BCUT2D eigenvalue weighted by Crippen LogP contribution is -2.01. The molecule has 5 heteroatoms. The number of anilines is 1. The average Bonchev–Trinajstić information content (AvgIpc) is 3.23. The molecule has 1 aliphatic heterocycles. The van der Waals surface area contributed by atoms with E-state index in [1.807, 2.05) is 54.7 Å². The van der Waals surface area contributed by atoms with Gasteiger partial charge >= 0.3 is 0 Å². The van der Waals surface area contributed by atoms with Crippen LogP contribution in [0.2, 0.25) is 0 Å². The summed E-state index contributed by atoms with van der Waals surface area (Å²) in [5.74, 6) is 2.38. The van der Waals surface area contributed by atoms with E-state index in [9.17, 15) is 0 Å². The number of hydrogen-bond acceptors (Lipinski definition) is 4. The first-order chi connectivity index (χ1) is 11.8. The van der Waals surface area contributed by atoms with E-state index in [2.05, 4.69) is 15.3 Å². The summed E-state index contributed by atoms with van der Waals surface area (Å²) in [6.45, 7) is 0. The van der Waals surface area contributed by atoms with Crippen LogP contribution < -0.4 is 10.1 Å². The zero-order valence-corrected chi connectivity index (χ0v) is 13.2. The SMILES string of the molecule is COc1ccccc1NC1=CCC(=Cc2c[nH]c3ncccc23)O1. The van der Waals surface area contributed by atoms with Gasteiger partial charge in [-0.05, 0) is 36.4 Å². The maximum absolute atomic E-state index is 5.91. The third-order valence-corrected chi connectivity index (χ3v) is 3.89. The number of rotatable bonds is 4. The smallest absolute Gasteiger partial charge is 0.193 e. The molecule has 0 amide bonds. The van der Waals surface area contributed by atoms with Gasteiger partial charge < -0.3 is 19.8 Å². The van der Waals surface area contributed by atoms with Crippen LogP contribution in [0.3, 0.4) is 0 Å². The van der Waals surface area contributed by atoms with Crippen LogP contribution in [0.15, 0.2) is 66.5 Å². The van der Waals surface area contributed by atoms with E-state index in [0.29, 0.717) is 5.88 Å². The third-order valence-electron chi connectivity index (χ3n) is 3.89. The van der Waals surface area contributed by atoms with Crippen molar-refractivity contribution in [3.63, 3.8) is 0 Å². The number of benzene rings is 1. The standard InChI is InChI=1S/C19H17N3O2/c1-23-17-7-3-2-6-16(17)22-18-9-8-14(24-18)11-13-12-21-19-15(13)5-4-10-20-19/h2-7,9-12,22H,8H2,1H3,(H,20,21). The molecule has 3 heterocycles. The number of nitrogens with one attached hydrogen (secondary N) is 2. The fourth-order valence-corrected chi connectivity index (χ4v) is 2.73. The van der Waals surface area contributed by atoms with Crippen LogP contribution in [0.1, 0.15) is 12.0 Å². The van der Waals surface area contributed by atoms with E-state index in [1.165, 1.54) is 0 Å². The van der Waals surface area contributed by atoms with Crippen molar-refractivity contribution in [2.75, 3.05) is 12.4 Å². The van der Waals surface area contributed by atoms with Crippen LogP contribution in [0.4, 0.5) is 5.69 Å². The minimum absolute atomic E-state index is 0.712. The predicted molar refractivity (Wildman–Crippen MR) is 94.5 cm³/mol. The number of para-hydroxylation sites is 2. The lowest BCUT2D eigenvalue weighted by Gasteiger charge is -2.11. The predicted octanol–water partition coefficient (Wildman–Crippen LogP) is 4.29. The summed E-state index contributed by atoms with van der Waals surface area (Å²) >= 11 is 0. The summed E-state index contributed by atoms with van der Waals surface area (Å²) in [7, 11) is 1.65. The molecule has 0 saturated carbocycles. The number of aromatic nitrogens is 2. The van der Waals surface area contributed by atoms with Gasteiger partial charge in [-0.25, -0.2) is 4.98 Å². The van der Waals surface area contributed by atoms with Crippen molar-refractivity contribution >= 4 is 22.8 Å². The van der Waals surface area contributed by atoms with Gasteiger partial charge in [0.2, 0.25) is 0 Å². The van der Waals surface area contributed by atoms with Crippen LogP contribution in [0.25, 0.3) is 17.1 Å². The molecule has 120 valence electrons. The summed E-state index contributed by atoms with van der Waals surface area (Å²) in [5.41, 5.74) is 2.83. The molecule has 2 aromatic heterocycles. The Morgan fingerprint density at radius 3 is 3.08 bits per heavy atom. The van der Waals surface area contributed by atoms with Gasteiger partial charge in [-0.1, -0.05) is 12.1 Å². The number of methoxy groups -OCH3 is 1. The molecule has 5 nitrogen and oxygen atoms in total. The highest BCUT2D eigenvalue weighted by atomic mass is 16.5. The normalized spacial score (nSPS) is 15.4. The second-order valence-electron chi connectivity index (χ2n) is 5.45. The molecule has 0 unspecified atom stereocenters. The molecule has 3 aromatic rings. The zero-order valence-electron chi connectivity index (χ0n) is 13.2. The van der Waals surface area contributed by atoms with E-state index < -0.39 is 0 Å².